The lowest BCUT2D eigenvalue weighted by molar-refractivity contribution is -0.0573. The van der Waals surface area contributed by atoms with Gasteiger partial charge in [-0.2, -0.15) is 0 Å². The van der Waals surface area contributed by atoms with Gasteiger partial charge in [-0.25, -0.2) is 9.97 Å². The first-order valence-corrected chi connectivity index (χ1v) is 8.32. The van der Waals surface area contributed by atoms with Gasteiger partial charge in [-0.3, -0.25) is 0 Å². The predicted molar refractivity (Wildman–Crippen MR) is 85.4 cm³/mol. The van der Waals surface area contributed by atoms with Crippen molar-refractivity contribution in [3.63, 3.8) is 0 Å². The van der Waals surface area contributed by atoms with Gasteiger partial charge in [0, 0.05) is 18.5 Å². The summed E-state index contributed by atoms with van der Waals surface area (Å²) in [4.78, 5) is 9.55. The molecule has 0 saturated carbocycles. The molecule has 0 fully saturated rings. The fourth-order valence-corrected chi connectivity index (χ4v) is 3.38. The zero-order chi connectivity index (χ0) is 15.3. The first-order chi connectivity index (χ1) is 10.2. The van der Waals surface area contributed by atoms with Gasteiger partial charge in [0.1, 0.15) is 5.60 Å². The van der Waals surface area contributed by atoms with Crippen LogP contribution in [0.15, 0.2) is 6.20 Å². The lowest BCUT2D eigenvalue weighted by atomic mass is 9.86. The second-order valence-electron chi connectivity index (χ2n) is 5.97. The van der Waals surface area contributed by atoms with E-state index in [1.54, 1.807) is 0 Å². The molecule has 21 heavy (non-hydrogen) atoms. The lowest BCUT2D eigenvalue weighted by Crippen LogP contribution is -2.32. The van der Waals surface area contributed by atoms with Crippen LogP contribution in [-0.2, 0) is 23.2 Å². The van der Waals surface area contributed by atoms with Crippen LogP contribution in [0.25, 0.3) is 0 Å². The van der Waals surface area contributed by atoms with Crippen molar-refractivity contribution < 1.29 is 4.74 Å². The van der Waals surface area contributed by atoms with Gasteiger partial charge in [0.25, 0.3) is 0 Å². The van der Waals surface area contributed by atoms with E-state index < -0.39 is 0 Å². The molecule has 118 valence electrons. The van der Waals surface area contributed by atoms with Crippen LogP contribution in [0.5, 0.6) is 0 Å². The molecule has 1 atom stereocenters. The maximum absolute atomic E-state index is 6.03. The second kappa shape index (κ2) is 7.32. The molecule has 0 saturated heterocycles. The maximum atomic E-state index is 6.03. The Bertz CT molecular complexity index is 457. The number of nitrogens with one attached hydrogen (secondary N) is 1. The van der Waals surface area contributed by atoms with E-state index in [-0.39, 0.29) is 5.60 Å². The van der Waals surface area contributed by atoms with Gasteiger partial charge in [0.05, 0.1) is 0 Å². The van der Waals surface area contributed by atoms with Crippen LogP contribution in [0.4, 0.5) is 0 Å². The van der Waals surface area contributed by atoms with Crippen LogP contribution in [0.1, 0.15) is 57.1 Å². The quantitative estimate of drug-likeness (QED) is 0.839. The summed E-state index contributed by atoms with van der Waals surface area (Å²) in [6, 6.07) is 0. The van der Waals surface area contributed by atoms with E-state index in [0.717, 1.165) is 38.1 Å². The van der Waals surface area contributed by atoms with E-state index in [9.17, 15) is 0 Å². The molecular formula is C17H29N3O. The monoisotopic (exact) mass is 291 g/mol. The third kappa shape index (κ3) is 3.43. The number of ether oxygens (including phenoxy) is 1. The van der Waals surface area contributed by atoms with Crippen LogP contribution in [0.3, 0.4) is 0 Å². The maximum Gasteiger partial charge on any atom is 0.160 e. The average molecular weight is 291 g/mol. The van der Waals surface area contributed by atoms with Crippen LogP contribution in [-0.4, -0.2) is 30.2 Å². The van der Waals surface area contributed by atoms with E-state index in [2.05, 4.69) is 24.1 Å². The van der Waals surface area contributed by atoms with Crippen molar-refractivity contribution in [2.24, 2.45) is 5.92 Å². The van der Waals surface area contributed by atoms with E-state index in [4.69, 9.17) is 9.72 Å². The molecule has 1 aliphatic rings. The Morgan fingerprint density at radius 1 is 1.33 bits per heavy atom. The minimum absolute atomic E-state index is 0.314. The fourth-order valence-electron chi connectivity index (χ4n) is 3.38. The van der Waals surface area contributed by atoms with Crippen LogP contribution >= 0.6 is 0 Å². The Morgan fingerprint density at radius 2 is 2.10 bits per heavy atom. The van der Waals surface area contributed by atoms with Crippen molar-refractivity contribution in [1.82, 2.24) is 15.3 Å². The third-order valence-electron chi connectivity index (χ3n) is 4.72. The highest BCUT2D eigenvalue weighted by Crippen LogP contribution is 2.32. The van der Waals surface area contributed by atoms with Gasteiger partial charge in [-0.1, -0.05) is 13.8 Å². The van der Waals surface area contributed by atoms with Crippen LogP contribution < -0.4 is 5.32 Å². The molecule has 1 aliphatic carbocycles. The number of hydrogen-bond donors (Lipinski definition) is 1. The molecule has 0 spiro atoms. The van der Waals surface area contributed by atoms with Gasteiger partial charge in [-0.05, 0) is 64.1 Å². The summed E-state index contributed by atoms with van der Waals surface area (Å²) >= 11 is 0. The number of aryl methyl sites for hydroxylation is 1. The molecule has 0 amide bonds. The predicted octanol–water partition coefficient (Wildman–Crippen LogP) is 2.85. The first kappa shape index (κ1) is 16.4. The molecule has 4 nitrogen and oxygen atoms in total. The number of rotatable bonds is 7. The molecule has 1 aromatic rings. The Morgan fingerprint density at radius 3 is 2.71 bits per heavy atom. The second-order valence-corrected chi connectivity index (χ2v) is 5.97. The highest BCUT2D eigenvalue weighted by molar-refractivity contribution is 5.23. The van der Waals surface area contributed by atoms with Gasteiger partial charge in [0.2, 0.25) is 0 Å². The normalized spacial score (nSPS) is 18.6. The van der Waals surface area contributed by atoms with E-state index in [0.29, 0.717) is 12.5 Å². The van der Waals surface area contributed by atoms with Crippen molar-refractivity contribution in [2.45, 2.75) is 58.5 Å². The molecular weight excluding hydrogens is 262 g/mol. The summed E-state index contributed by atoms with van der Waals surface area (Å²) in [5, 5.41) is 3.28. The van der Waals surface area contributed by atoms with Crippen molar-refractivity contribution in [3.05, 3.63) is 23.3 Å². The number of hydrogen-bond acceptors (Lipinski definition) is 4. The van der Waals surface area contributed by atoms with Gasteiger partial charge < -0.3 is 10.1 Å². The van der Waals surface area contributed by atoms with Crippen LogP contribution in [0.2, 0.25) is 0 Å². The number of aromatic nitrogens is 2. The van der Waals surface area contributed by atoms with Crippen molar-refractivity contribution >= 4 is 0 Å². The Hall–Kier alpha value is -1.00. The van der Waals surface area contributed by atoms with Crippen molar-refractivity contribution in [2.75, 3.05) is 20.2 Å². The van der Waals surface area contributed by atoms with Gasteiger partial charge >= 0.3 is 0 Å². The SMILES string of the molecule is CCOC(CC)(CC)c1ncc2c(n1)CCC(CNC)C2. The zero-order valence-corrected chi connectivity index (χ0v) is 13.9. The largest absolute Gasteiger partial charge is 0.367 e. The molecule has 2 rings (SSSR count). The molecule has 1 aromatic heterocycles. The molecule has 0 radical (unpaired) electrons. The van der Waals surface area contributed by atoms with Crippen molar-refractivity contribution in [1.29, 1.82) is 0 Å². The van der Waals surface area contributed by atoms with Crippen molar-refractivity contribution in [3.8, 4) is 0 Å². The number of nitrogens with zero attached hydrogens (tertiary/aromatic N) is 2. The molecule has 4 heteroatoms. The standard InChI is InChI=1S/C17H29N3O/c1-5-17(6-2,21-7-3)16-19-12-14-10-13(11-18-4)8-9-15(14)20-16/h12-13,18H,5-11H2,1-4H3. The van der Waals surface area contributed by atoms with Gasteiger partial charge in [-0.15, -0.1) is 0 Å². The Kier molecular flexibility index (Phi) is 5.71. The Balaban J connectivity index is 2.25. The molecule has 0 aliphatic heterocycles. The van der Waals surface area contributed by atoms with Gasteiger partial charge in [0.15, 0.2) is 5.82 Å². The summed E-state index contributed by atoms with van der Waals surface area (Å²) in [6.45, 7) is 8.14. The summed E-state index contributed by atoms with van der Waals surface area (Å²) in [5.41, 5.74) is 2.24. The molecule has 0 bridgehead atoms. The minimum Gasteiger partial charge on any atom is -0.367 e. The molecule has 1 unspecified atom stereocenters. The molecule has 1 heterocycles. The van der Waals surface area contributed by atoms with E-state index in [1.807, 2.05) is 20.2 Å². The van der Waals surface area contributed by atoms with Crippen LogP contribution in [0, 0.1) is 5.92 Å². The topological polar surface area (TPSA) is 47.0 Å². The molecule has 0 aromatic carbocycles. The highest BCUT2D eigenvalue weighted by Gasteiger charge is 2.33. The summed E-state index contributed by atoms with van der Waals surface area (Å²) < 4.78 is 6.03. The summed E-state index contributed by atoms with van der Waals surface area (Å²) in [5.74, 6) is 1.59. The van der Waals surface area contributed by atoms with E-state index >= 15 is 0 Å². The minimum atomic E-state index is -0.314. The first-order valence-electron chi connectivity index (χ1n) is 8.32. The average Bonchev–Trinajstić information content (AvgIpc) is 2.52. The molecule has 1 N–H and O–H groups in total. The fraction of sp³-hybridized carbons (Fsp3) is 0.765. The smallest absolute Gasteiger partial charge is 0.160 e. The Labute approximate surface area is 128 Å². The number of fused-ring (bicyclic) bond motifs is 1. The zero-order valence-electron chi connectivity index (χ0n) is 13.9. The lowest BCUT2D eigenvalue weighted by Gasteiger charge is -2.31. The summed E-state index contributed by atoms with van der Waals surface area (Å²) in [6.07, 6.45) is 7.24. The highest BCUT2D eigenvalue weighted by atomic mass is 16.5. The third-order valence-corrected chi connectivity index (χ3v) is 4.72. The van der Waals surface area contributed by atoms with E-state index in [1.165, 1.54) is 17.7 Å². The summed E-state index contributed by atoms with van der Waals surface area (Å²) in [7, 11) is 2.02.